The van der Waals surface area contributed by atoms with Crippen LogP contribution in [0.25, 0.3) is 10.9 Å². The normalized spacial score (nSPS) is 9.94. The maximum absolute atomic E-state index is 11.4. The Balaban J connectivity index is 2.36. The first-order valence-corrected chi connectivity index (χ1v) is 4.95. The lowest BCUT2D eigenvalue weighted by molar-refractivity contribution is -0.150. The molecular weight excluding hydrogens is 220 g/mol. The fourth-order valence-electron chi connectivity index (χ4n) is 1.48. The molecule has 1 heterocycles. The second kappa shape index (κ2) is 4.61. The first kappa shape index (κ1) is 11.1. The van der Waals surface area contributed by atoms with Crippen LogP contribution < -0.4 is 5.32 Å². The van der Waals surface area contributed by atoms with Crippen LogP contribution >= 0.6 is 0 Å². The van der Waals surface area contributed by atoms with Crippen LogP contribution in [0.5, 0.6) is 0 Å². The van der Waals surface area contributed by atoms with Crippen LogP contribution in [-0.4, -0.2) is 24.0 Å². The number of pyridine rings is 1. The summed E-state index contributed by atoms with van der Waals surface area (Å²) in [5.74, 6) is -1.73. The van der Waals surface area contributed by atoms with Crippen molar-refractivity contribution in [2.24, 2.45) is 0 Å². The van der Waals surface area contributed by atoms with E-state index in [9.17, 15) is 9.59 Å². The van der Waals surface area contributed by atoms with E-state index < -0.39 is 11.9 Å². The second-order valence-corrected chi connectivity index (χ2v) is 3.32. The SMILES string of the molecule is COC(=O)C(=O)Nc1cccc2ncccc12. The monoisotopic (exact) mass is 230 g/mol. The largest absolute Gasteiger partial charge is 0.462 e. The van der Waals surface area contributed by atoms with E-state index in [0.717, 1.165) is 18.0 Å². The van der Waals surface area contributed by atoms with Crippen molar-refractivity contribution < 1.29 is 14.3 Å². The lowest BCUT2D eigenvalue weighted by Crippen LogP contribution is -2.23. The molecule has 5 heteroatoms. The third-order valence-corrected chi connectivity index (χ3v) is 2.26. The van der Waals surface area contributed by atoms with Crippen LogP contribution in [0.2, 0.25) is 0 Å². The third-order valence-electron chi connectivity index (χ3n) is 2.26. The van der Waals surface area contributed by atoms with Gasteiger partial charge in [-0.05, 0) is 24.3 Å². The summed E-state index contributed by atoms with van der Waals surface area (Å²) >= 11 is 0. The fraction of sp³-hybridized carbons (Fsp3) is 0.0833. The lowest BCUT2D eigenvalue weighted by atomic mass is 10.2. The predicted molar refractivity (Wildman–Crippen MR) is 62.4 cm³/mol. The molecular formula is C12H10N2O3. The molecule has 0 unspecified atom stereocenters. The summed E-state index contributed by atoms with van der Waals surface area (Å²) in [6.07, 6.45) is 1.66. The molecule has 2 rings (SSSR count). The molecule has 0 atom stereocenters. The van der Waals surface area contributed by atoms with E-state index in [0.29, 0.717) is 5.69 Å². The zero-order valence-electron chi connectivity index (χ0n) is 9.14. The maximum Gasteiger partial charge on any atom is 0.396 e. The number of nitrogens with zero attached hydrogens (tertiary/aromatic N) is 1. The van der Waals surface area contributed by atoms with E-state index in [-0.39, 0.29) is 0 Å². The number of hydrogen-bond acceptors (Lipinski definition) is 4. The van der Waals surface area contributed by atoms with E-state index in [1.54, 1.807) is 24.4 Å². The number of amides is 1. The number of rotatable bonds is 1. The van der Waals surface area contributed by atoms with Gasteiger partial charge in [0.05, 0.1) is 18.3 Å². The van der Waals surface area contributed by atoms with E-state index in [2.05, 4.69) is 15.0 Å². The molecule has 1 amide bonds. The quantitative estimate of drug-likeness (QED) is 0.593. The molecule has 0 aliphatic rings. The van der Waals surface area contributed by atoms with Gasteiger partial charge in [-0.25, -0.2) is 4.79 Å². The summed E-state index contributed by atoms with van der Waals surface area (Å²) in [5, 5.41) is 3.25. The molecule has 1 aromatic heterocycles. The van der Waals surface area contributed by atoms with Gasteiger partial charge in [-0.1, -0.05) is 6.07 Å². The van der Waals surface area contributed by atoms with Gasteiger partial charge >= 0.3 is 11.9 Å². The zero-order valence-corrected chi connectivity index (χ0v) is 9.14. The number of hydrogen-bond donors (Lipinski definition) is 1. The fourth-order valence-corrected chi connectivity index (χ4v) is 1.48. The molecule has 0 aliphatic carbocycles. The molecule has 86 valence electrons. The van der Waals surface area contributed by atoms with E-state index in [1.807, 2.05) is 12.1 Å². The van der Waals surface area contributed by atoms with Crippen molar-refractivity contribution in [1.82, 2.24) is 4.98 Å². The first-order valence-electron chi connectivity index (χ1n) is 4.95. The summed E-state index contributed by atoms with van der Waals surface area (Å²) in [4.78, 5) is 26.5. The molecule has 2 aromatic rings. The average Bonchev–Trinajstić information content (AvgIpc) is 2.38. The molecule has 0 fully saturated rings. The van der Waals surface area contributed by atoms with Crippen LogP contribution in [0.4, 0.5) is 5.69 Å². The van der Waals surface area contributed by atoms with Crippen LogP contribution in [0, 0.1) is 0 Å². The molecule has 1 aromatic carbocycles. The number of carbonyl (C=O) groups is 2. The minimum atomic E-state index is -0.925. The number of ether oxygens (including phenoxy) is 1. The van der Waals surface area contributed by atoms with Gasteiger partial charge in [-0.3, -0.25) is 9.78 Å². The molecule has 0 saturated heterocycles. The summed E-state index contributed by atoms with van der Waals surface area (Å²) in [6, 6.07) is 8.85. The molecule has 17 heavy (non-hydrogen) atoms. The number of methoxy groups -OCH3 is 1. The van der Waals surface area contributed by atoms with Gasteiger partial charge in [-0.2, -0.15) is 0 Å². The Morgan fingerprint density at radius 3 is 2.82 bits per heavy atom. The minimum absolute atomic E-state index is 0.533. The summed E-state index contributed by atoms with van der Waals surface area (Å²) in [6.45, 7) is 0. The molecule has 0 aliphatic heterocycles. The highest BCUT2D eigenvalue weighted by molar-refractivity contribution is 6.37. The van der Waals surface area contributed by atoms with Crippen LogP contribution in [0.15, 0.2) is 36.5 Å². The molecule has 0 saturated carbocycles. The molecule has 0 bridgehead atoms. The van der Waals surface area contributed by atoms with Gasteiger partial charge in [-0.15, -0.1) is 0 Å². The Hall–Kier alpha value is -2.43. The Bertz CT molecular complexity index is 575. The smallest absolute Gasteiger partial charge is 0.396 e. The average molecular weight is 230 g/mol. The summed E-state index contributed by atoms with van der Waals surface area (Å²) in [7, 11) is 1.16. The zero-order chi connectivity index (χ0) is 12.3. The van der Waals surface area contributed by atoms with E-state index in [4.69, 9.17) is 0 Å². The highest BCUT2D eigenvalue weighted by Gasteiger charge is 2.14. The number of aromatic nitrogens is 1. The lowest BCUT2D eigenvalue weighted by Gasteiger charge is -2.06. The van der Waals surface area contributed by atoms with Gasteiger partial charge in [0.15, 0.2) is 0 Å². The number of anilines is 1. The van der Waals surface area contributed by atoms with Crippen molar-refractivity contribution in [2.75, 3.05) is 12.4 Å². The highest BCUT2D eigenvalue weighted by Crippen LogP contribution is 2.20. The Labute approximate surface area is 97.4 Å². The van der Waals surface area contributed by atoms with Crippen molar-refractivity contribution >= 4 is 28.5 Å². The van der Waals surface area contributed by atoms with Crippen LogP contribution in [0.3, 0.4) is 0 Å². The number of carbonyl (C=O) groups excluding carboxylic acids is 2. The highest BCUT2D eigenvalue weighted by atomic mass is 16.5. The van der Waals surface area contributed by atoms with E-state index >= 15 is 0 Å². The van der Waals surface area contributed by atoms with Gasteiger partial charge in [0.1, 0.15) is 0 Å². The summed E-state index contributed by atoms with van der Waals surface area (Å²) in [5.41, 5.74) is 1.28. The number of esters is 1. The van der Waals surface area contributed by atoms with Crippen LogP contribution in [0.1, 0.15) is 0 Å². The van der Waals surface area contributed by atoms with Crippen molar-refractivity contribution in [3.05, 3.63) is 36.5 Å². The van der Waals surface area contributed by atoms with Crippen molar-refractivity contribution in [3.8, 4) is 0 Å². The molecule has 0 radical (unpaired) electrons. The van der Waals surface area contributed by atoms with Crippen LogP contribution in [-0.2, 0) is 14.3 Å². The van der Waals surface area contributed by atoms with Gasteiger partial charge in [0.2, 0.25) is 0 Å². The van der Waals surface area contributed by atoms with Crippen molar-refractivity contribution in [3.63, 3.8) is 0 Å². The number of benzene rings is 1. The maximum atomic E-state index is 11.4. The molecule has 5 nitrogen and oxygen atoms in total. The van der Waals surface area contributed by atoms with Gasteiger partial charge < -0.3 is 10.1 Å². The molecule has 0 spiro atoms. The van der Waals surface area contributed by atoms with E-state index in [1.165, 1.54) is 0 Å². The second-order valence-electron chi connectivity index (χ2n) is 3.32. The molecule has 1 N–H and O–H groups in total. The topological polar surface area (TPSA) is 68.3 Å². The first-order chi connectivity index (χ1) is 8.22. The Morgan fingerprint density at radius 2 is 2.06 bits per heavy atom. The minimum Gasteiger partial charge on any atom is -0.462 e. The number of nitrogens with one attached hydrogen (secondary N) is 1. The third kappa shape index (κ3) is 2.23. The predicted octanol–water partition coefficient (Wildman–Crippen LogP) is 1.35. The van der Waals surface area contributed by atoms with Crippen molar-refractivity contribution in [2.45, 2.75) is 0 Å². The van der Waals surface area contributed by atoms with Crippen molar-refractivity contribution in [1.29, 1.82) is 0 Å². The number of fused-ring (bicyclic) bond motifs is 1. The van der Waals surface area contributed by atoms with Gasteiger partial charge in [0, 0.05) is 11.6 Å². The Kier molecular flexibility index (Phi) is 3.00. The van der Waals surface area contributed by atoms with Gasteiger partial charge in [0.25, 0.3) is 0 Å². The Morgan fingerprint density at radius 1 is 1.24 bits per heavy atom. The standard InChI is InChI=1S/C12H10N2O3/c1-17-12(16)11(15)14-10-6-2-5-9-8(10)4-3-7-13-9/h2-7H,1H3,(H,14,15). The summed E-state index contributed by atoms with van der Waals surface area (Å²) < 4.78 is 4.33.